The largest absolute Gasteiger partial charge is 0.490 e. The van der Waals surface area contributed by atoms with Crippen LogP contribution in [0.1, 0.15) is 34.8 Å². The topological polar surface area (TPSA) is 118 Å². The lowest BCUT2D eigenvalue weighted by Gasteiger charge is -2.16. The van der Waals surface area contributed by atoms with Gasteiger partial charge in [0.15, 0.2) is 0 Å². The fourth-order valence-electron chi connectivity index (χ4n) is 3.64. The molecule has 2 aromatic heterocycles. The van der Waals surface area contributed by atoms with Gasteiger partial charge in [-0.15, -0.1) is 0 Å². The number of nitrogens with zero attached hydrogens (tertiary/aromatic N) is 3. The van der Waals surface area contributed by atoms with E-state index in [1.807, 2.05) is 6.20 Å². The number of fused-ring (bicyclic) bond motifs is 2. The first-order valence-corrected chi connectivity index (χ1v) is 11.7. The van der Waals surface area contributed by atoms with Crippen LogP contribution >= 0.6 is 22.6 Å². The molecular weight excluding hydrogens is 580 g/mol. The number of ether oxygens (including phenoxy) is 1. The number of H-pyrrole nitrogens is 1. The van der Waals surface area contributed by atoms with Gasteiger partial charge in [-0.25, -0.2) is 9.78 Å². The molecule has 3 aromatic rings. The van der Waals surface area contributed by atoms with Gasteiger partial charge in [-0.05, 0) is 71.5 Å². The minimum Gasteiger partial charge on any atom is -0.475 e. The predicted molar refractivity (Wildman–Crippen MR) is 128 cm³/mol. The van der Waals surface area contributed by atoms with Crippen molar-refractivity contribution in [3.05, 3.63) is 62.4 Å². The molecule has 0 atom stereocenters. The zero-order valence-electron chi connectivity index (χ0n) is 18.7. The molecule has 0 saturated heterocycles. The smallest absolute Gasteiger partial charge is 0.475 e. The van der Waals surface area contributed by atoms with Crippen LogP contribution in [-0.2, 0) is 46.4 Å². The lowest BCUT2D eigenvalue weighted by Crippen LogP contribution is -2.21. The molecule has 0 bridgehead atoms. The van der Waals surface area contributed by atoms with Gasteiger partial charge in [0.25, 0.3) is 0 Å². The molecule has 0 unspecified atom stereocenters. The van der Waals surface area contributed by atoms with Gasteiger partial charge in [-0.1, -0.05) is 12.1 Å². The number of aryl methyl sites for hydroxylation is 4. The Morgan fingerprint density at radius 1 is 1.14 bits per heavy atom. The Kier molecular flexibility index (Phi) is 8.81. The van der Waals surface area contributed by atoms with E-state index in [1.165, 1.54) is 21.8 Å². The Bertz CT molecular complexity index is 1200. The number of hydrogen-bond donors (Lipinski definition) is 2. The third-order valence-corrected chi connectivity index (χ3v) is 6.09. The standard InChI is InChI=1S/C21H21IN4O2.C2HF3O2/c1-28-20(27)11-10-19-24-17-8-4-14-12-23-26-21(13-2-5-15(22)6-3-13)16(14)7-9-18(17)25-19;3-2(4,5)1(6)7/h2-3,5-6,12H,4,7-11H2,1H3,(H,24,25);(H,6,7). The maximum atomic E-state index is 11.4. The number of methoxy groups -OCH3 is 1. The number of aliphatic carboxylic acids is 1. The number of aromatic amines is 1. The summed E-state index contributed by atoms with van der Waals surface area (Å²) >= 11 is 2.31. The number of carbonyl (C=O) groups excluding carboxylic acids is 1. The van der Waals surface area contributed by atoms with E-state index in [-0.39, 0.29) is 5.97 Å². The number of carboxylic acid groups (broad SMARTS) is 1. The maximum absolute atomic E-state index is 11.4. The van der Waals surface area contributed by atoms with Gasteiger partial charge in [0.1, 0.15) is 5.82 Å². The minimum absolute atomic E-state index is 0.212. The van der Waals surface area contributed by atoms with Gasteiger partial charge in [0.05, 0.1) is 31.1 Å². The Labute approximate surface area is 212 Å². The number of benzene rings is 1. The summed E-state index contributed by atoms with van der Waals surface area (Å²) in [7, 11) is 1.41. The van der Waals surface area contributed by atoms with Gasteiger partial charge in [-0.2, -0.15) is 23.4 Å². The van der Waals surface area contributed by atoms with E-state index >= 15 is 0 Å². The van der Waals surface area contributed by atoms with Crippen LogP contribution in [0.15, 0.2) is 30.5 Å². The molecule has 8 nitrogen and oxygen atoms in total. The number of rotatable bonds is 4. The van der Waals surface area contributed by atoms with E-state index in [9.17, 15) is 18.0 Å². The molecule has 35 heavy (non-hydrogen) atoms. The fraction of sp³-hybridized carbons (Fsp3) is 0.348. The molecule has 0 aliphatic heterocycles. The average Bonchev–Trinajstić information content (AvgIpc) is 3.20. The Balaban J connectivity index is 0.000000429. The van der Waals surface area contributed by atoms with Crippen molar-refractivity contribution in [1.29, 1.82) is 0 Å². The normalized spacial score (nSPS) is 12.8. The van der Waals surface area contributed by atoms with Crippen molar-refractivity contribution >= 4 is 34.5 Å². The first-order chi connectivity index (χ1) is 16.6. The Morgan fingerprint density at radius 2 is 1.83 bits per heavy atom. The highest BCUT2D eigenvalue weighted by molar-refractivity contribution is 14.1. The number of carbonyl (C=O) groups is 2. The second-order valence-corrected chi connectivity index (χ2v) is 8.94. The van der Waals surface area contributed by atoms with Gasteiger partial charge >= 0.3 is 18.1 Å². The molecule has 1 aliphatic carbocycles. The molecule has 2 heterocycles. The van der Waals surface area contributed by atoms with E-state index in [2.05, 4.69) is 62.0 Å². The first kappa shape index (κ1) is 26.6. The predicted octanol–water partition coefficient (Wildman–Crippen LogP) is 4.09. The Morgan fingerprint density at radius 3 is 2.46 bits per heavy atom. The molecule has 2 N–H and O–H groups in total. The summed E-state index contributed by atoms with van der Waals surface area (Å²) in [6.45, 7) is 0. The number of imidazole rings is 1. The number of esters is 1. The summed E-state index contributed by atoms with van der Waals surface area (Å²) in [6, 6.07) is 8.41. The molecular formula is C23H22F3IN4O4. The van der Waals surface area contributed by atoms with Crippen molar-refractivity contribution in [2.75, 3.05) is 7.11 Å². The van der Waals surface area contributed by atoms with Gasteiger partial charge in [0, 0.05) is 21.2 Å². The summed E-state index contributed by atoms with van der Waals surface area (Å²) in [5.41, 5.74) is 6.85. The summed E-state index contributed by atoms with van der Waals surface area (Å²) in [5.74, 6) is -2.11. The molecule has 1 aliphatic rings. The maximum Gasteiger partial charge on any atom is 0.490 e. The van der Waals surface area contributed by atoms with Crippen LogP contribution in [-0.4, -0.2) is 50.5 Å². The highest BCUT2D eigenvalue weighted by Crippen LogP contribution is 2.28. The van der Waals surface area contributed by atoms with E-state index < -0.39 is 12.1 Å². The molecule has 1 aromatic carbocycles. The van der Waals surface area contributed by atoms with Gasteiger partial charge in [-0.3, -0.25) is 4.79 Å². The summed E-state index contributed by atoms with van der Waals surface area (Å²) < 4.78 is 37.7. The molecule has 0 radical (unpaired) electrons. The van der Waals surface area contributed by atoms with Crippen LogP contribution in [0.4, 0.5) is 13.2 Å². The second kappa shape index (κ2) is 11.6. The fourth-order valence-corrected chi connectivity index (χ4v) is 4.00. The van der Waals surface area contributed by atoms with Crippen LogP contribution in [0.5, 0.6) is 0 Å². The van der Waals surface area contributed by atoms with Crippen molar-refractivity contribution < 1.29 is 32.6 Å². The summed E-state index contributed by atoms with van der Waals surface area (Å²) in [5, 5.41) is 15.8. The van der Waals surface area contributed by atoms with E-state index in [1.54, 1.807) is 0 Å². The van der Waals surface area contributed by atoms with Gasteiger partial charge in [0.2, 0.25) is 0 Å². The third-order valence-electron chi connectivity index (χ3n) is 5.37. The molecule has 0 amide bonds. The SMILES string of the molecule is COC(=O)CCc1nc2c([nH]1)CCc1c(cnnc1-c1ccc(I)cc1)CC2.O=C(O)C(F)(F)F. The summed E-state index contributed by atoms with van der Waals surface area (Å²) in [6.07, 6.45) is 1.22. The molecule has 186 valence electrons. The van der Waals surface area contributed by atoms with Crippen molar-refractivity contribution in [2.45, 2.75) is 44.7 Å². The van der Waals surface area contributed by atoms with Crippen LogP contribution in [0, 0.1) is 3.57 Å². The lowest BCUT2D eigenvalue weighted by atomic mass is 9.92. The molecule has 0 fully saturated rings. The van der Waals surface area contributed by atoms with Crippen LogP contribution in [0.25, 0.3) is 11.3 Å². The molecule has 0 saturated carbocycles. The van der Waals surface area contributed by atoms with Crippen LogP contribution in [0.3, 0.4) is 0 Å². The lowest BCUT2D eigenvalue weighted by molar-refractivity contribution is -0.192. The zero-order valence-corrected chi connectivity index (χ0v) is 20.8. The van der Waals surface area contributed by atoms with Crippen molar-refractivity contribution in [3.63, 3.8) is 0 Å². The number of carboxylic acids is 1. The quantitative estimate of drug-likeness (QED) is 0.341. The van der Waals surface area contributed by atoms with Gasteiger partial charge < -0.3 is 14.8 Å². The average molecular weight is 602 g/mol. The van der Waals surface area contributed by atoms with E-state index in [0.717, 1.165) is 54.2 Å². The summed E-state index contributed by atoms with van der Waals surface area (Å²) in [4.78, 5) is 28.4. The second-order valence-electron chi connectivity index (χ2n) is 7.69. The number of halogens is 4. The highest BCUT2D eigenvalue weighted by Gasteiger charge is 2.38. The molecule has 4 rings (SSSR count). The number of nitrogens with one attached hydrogen (secondary N) is 1. The third kappa shape index (κ3) is 7.23. The van der Waals surface area contributed by atoms with E-state index in [4.69, 9.17) is 19.6 Å². The zero-order chi connectivity index (χ0) is 25.6. The monoisotopic (exact) mass is 602 g/mol. The van der Waals surface area contributed by atoms with Crippen LogP contribution < -0.4 is 0 Å². The number of aromatic nitrogens is 4. The first-order valence-electron chi connectivity index (χ1n) is 10.6. The number of alkyl halides is 3. The number of hydrogen-bond acceptors (Lipinski definition) is 6. The van der Waals surface area contributed by atoms with E-state index in [0.29, 0.717) is 12.8 Å². The molecule has 12 heteroatoms. The molecule has 0 spiro atoms. The minimum atomic E-state index is -5.08. The Hall–Kier alpha value is -3.03. The van der Waals surface area contributed by atoms with Crippen molar-refractivity contribution in [3.8, 4) is 11.3 Å². The van der Waals surface area contributed by atoms with Crippen molar-refractivity contribution in [1.82, 2.24) is 20.2 Å². The highest BCUT2D eigenvalue weighted by atomic mass is 127. The van der Waals surface area contributed by atoms with Crippen LogP contribution in [0.2, 0.25) is 0 Å². The van der Waals surface area contributed by atoms with Crippen molar-refractivity contribution in [2.24, 2.45) is 0 Å².